The molecule has 1 amide bonds. The lowest BCUT2D eigenvalue weighted by Gasteiger charge is -2.21. The molecule has 0 bridgehead atoms. The predicted molar refractivity (Wildman–Crippen MR) is 106 cm³/mol. The minimum atomic E-state index is -0.0921. The van der Waals surface area contributed by atoms with Crippen molar-refractivity contribution in [3.63, 3.8) is 0 Å². The molecule has 3 rings (SSSR count). The number of hydrogen-bond acceptors (Lipinski definition) is 4. The Hall–Kier alpha value is -1.95. The Morgan fingerprint density at radius 2 is 1.88 bits per heavy atom. The van der Waals surface area contributed by atoms with E-state index < -0.39 is 0 Å². The van der Waals surface area contributed by atoms with Crippen molar-refractivity contribution in [3.8, 4) is 0 Å². The van der Waals surface area contributed by atoms with Crippen LogP contribution < -0.4 is 5.32 Å². The molecule has 0 radical (unpaired) electrons. The molecule has 0 spiro atoms. The molecule has 1 atom stereocenters. The van der Waals surface area contributed by atoms with Gasteiger partial charge in [0.25, 0.3) is 0 Å². The molecule has 0 unspecified atom stereocenters. The van der Waals surface area contributed by atoms with Crippen LogP contribution in [0.25, 0.3) is 0 Å². The van der Waals surface area contributed by atoms with Gasteiger partial charge in [-0.15, -0.1) is 22.7 Å². The van der Waals surface area contributed by atoms with E-state index in [1.807, 2.05) is 36.7 Å². The predicted octanol–water partition coefficient (Wildman–Crippen LogP) is 4.46. The zero-order valence-corrected chi connectivity index (χ0v) is 16.1. The molecule has 0 fully saturated rings. The van der Waals surface area contributed by atoms with Gasteiger partial charge in [0.2, 0.25) is 5.91 Å². The smallest absolute Gasteiger partial charge is 0.234 e. The van der Waals surface area contributed by atoms with Gasteiger partial charge in [-0.25, -0.2) is 0 Å². The first-order valence-corrected chi connectivity index (χ1v) is 9.98. The summed E-state index contributed by atoms with van der Waals surface area (Å²) in [5, 5.41) is 7.34. The van der Waals surface area contributed by atoms with Gasteiger partial charge < -0.3 is 5.32 Å². The van der Waals surface area contributed by atoms with Gasteiger partial charge >= 0.3 is 0 Å². The first-order chi connectivity index (χ1) is 12.1. The third-order valence-corrected chi connectivity index (χ3v) is 6.01. The van der Waals surface area contributed by atoms with Crippen LogP contribution in [0.1, 0.15) is 26.9 Å². The van der Waals surface area contributed by atoms with E-state index in [1.165, 1.54) is 10.4 Å². The monoisotopic (exact) mass is 370 g/mol. The lowest BCUT2D eigenvalue weighted by molar-refractivity contribution is -0.122. The topological polar surface area (TPSA) is 32.3 Å². The number of nitrogens with one attached hydrogen (secondary N) is 1. The van der Waals surface area contributed by atoms with Gasteiger partial charge in [-0.3, -0.25) is 9.69 Å². The van der Waals surface area contributed by atoms with Gasteiger partial charge in [-0.2, -0.15) is 0 Å². The van der Waals surface area contributed by atoms with Crippen molar-refractivity contribution >= 4 is 28.6 Å². The molecule has 0 saturated heterocycles. The molecule has 0 saturated carbocycles. The van der Waals surface area contributed by atoms with Crippen LogP contribution in [0.2, 0.25) is 0 Å². The summed E-state index contributed by atoms with van der Waals surface area (Å²) in [7, 11) is 1.99. The fraction of sp³-hybridized carbons (Fsp3) is 0.250. The first-order valence-electron chi connectivity index (χ1n) is 8.22. The maximum absolute atomic E-state index is 12.6. The van der Waals surface area contributed by atoms with Crippen LogP contribution in [0.4, 0.5) is 0 Å². The Labute approximate surface area is 156 Å². The zero-order valence-electron chi connectivity index (χ0n) is 14.4. The number of rotatable bonds is 7. The van der Waals surface area contributed by atoms with Crippen molar-refractivity contribution in [1.82, 2.24) is 10.2 Å². The van der Waals surface area contributed by atoms with E-state index in [9.17, 15) is 4.79 Å². The van der Waals surface area contributed by atoms with E-state index in [4.69, 9.17) is 0 Å². The van der Waals surface area contributed by atoms with E-state index in [2.05, 4.69) is 46.8 Å². The van der Waals surface area contributed by atoms with E-state index in [0.717, 1.165) is 17.0 Å². The third kappa shape index (κ3) is 4.78. The number of aryl methyl sites for hydroxylation is 1. The molecule has 2 heterocycles. The highest BCUT2D eigenvalue weighted by atomic mass is 32.1. The van der Waals surface area contributed by atoms with Crippen molar-refractivity contribution in [2.24, 2.45) is 0 Å². The van der Waals surface area contributed by atoms with Gasteiger partial charge in [0, 0.05) is 16.3 Å². The molecule has 3 aromatic rings. The molecule has 1 aromatic carbocycles. The average molecular weight is 371 g/mol. The minimum Gasteiger partial charge on any atom is -0.343 e. The lowest BCUT2D eigenvalue weighted by atomic mass is 10.1. The molecule has 3 nitrogen and oxygen atoms in total. The van der Waals surface area contributed by atoms with E-state index in [0.29, 0.717) is 6.54 Å². The second kappa shape index (κ2) is 8.43. The Bertz CT molecular complexity index is 796. The molecular formula is C20H22N2OS2. The molecule has 0 aliphatic rings. The molecule has 0 aliphatic heterocycles. The molecule has 2 aromatic heterocycles. The SMILES string of the molecule is Cc1ccsc1CN(C)CC(=O)N[C@H](c1ccccc1)c1cccs1. The summed E-state index contributed by atoms with van der Waals surface area (Å²) in [6.07, 6.45) is 0. The van der Waals surface area contributed by atoms with Gasteiger partial charge in [-0.05, 0) is 48.0 Å². The number of amides is 1. The summed E-state index contributed by atoms with van der Waals surface area (Å²) in [5.74, 6) is 0.0407. The van der Waals surface area contributed by atoms with Gasteiger partial charge in [0.15, 0.2) is 0 Å². The number of carbonyl (C=O) groups is 1. The standard InChI is InChI=1S/C20H22N2OS2/c1-15-10-12-25-18(15)13-22(2)14-19(23)21-20(17-9-6-11-24-17)16-7-4-3-5-8-16/h3-12,20H,13-14H2,1-2H3,(H,21,23)/t20-/m1/s1. The molecule has 5 heteroatoms. The number of hydrogen-bond donors (Lipinski definition) is 1. The number of thiophene rings is 2. The Kier molecular flexibility index (Phi) is 6.02. The summed E-state index contributed by atoms with van der Waals surface area (Å²) < 4.78 is 0. The molecule has 0 aliphatic carbocycles. The second-order valence-corrected chi connectivity index (χ2v) is 8.11. The fourth-order valence-electron chi connectivity index (χ4n) is 2.74. The summed E-state index contributed by atoms with van der Waals surface area (Å²) in [5.41, 5.74) is 2.40. The number of benzene rings is 1. The lowest BCUT2D eigenvalue weighted by Crippen LogP contribution is -2.37. The van der Waals surface area contributed by atoms with Crippen molar-refractivity contribution in [3.05, 3.63) is 80.2 Å². The molecular weight excluding hydrogens is 348 g/mol. The summed E-state index contributed by atoms with van der Waals surface area (Å²) in [4.78, 5) is 17.1. The van der Waals surface area contributed by atoms with Crippen LogP contribution in [-0.2, 0) is 11.3 Å². The van der Waals surface area contributed by atoms with Gasteiger partial charge in [0.1, 0.15) is 0 Å². The maximum Gasteiger partial charge on any atom is 0.234 e. The Morgan fingerprint density at radius 1 is 1.08 bits per heavy atom. The summed E-state index contributed by atoms with van der Waals surface area (Å²) in [6, 6.07) is 16.2. The fourth-order valence-corrected chi connectivity index (χ4v) is 4.53. The number of nitrogens with zero attached hydrogens (tertiary/aromatic N) is 1. The van der Waals surface area contributed by atoms with Crippen LogP contribution in [0.5, 0.6) is 0 Å². The first kappa shape index (κ1) is 17.9. The maximum atomic E-state index is 12.6. The molecule has 130 valence electrons. The highest BCUT2D eigenvalue weighted by molar-refractivity contribution is 7.10. The Morgan fingerprint density at radius 3 is 2.52 bits per heavy atom. The normalized spacial score (nSPS) is 12.3. The van der Waals surface area contributed by atoms with Crippen molar-refractivity contribution in [2.45, 2.75) is 19.5 Å². The minimum absolute atomic E-state index is 0.0407. The van der Waals surface area contributed by atoms with Crippen molar-refractivity contribution < 1.29 is 4.79 Å². The number of carbonyl (C=O) groups excluding carboxylic acids is 1. The van der Waals surface area contributed by atoms with E-state index >= 15 is 0 Å². The molecule has 1 N–H and O–H groups in total. The average Bonchev–Trinajstić information content (AvgIpc) is 3.26. The highest BCUT2D eigenvalue weighted by Gasteiger charge is 2.18. The van der Waals surface area contributed by atoms with Crippen molar-refractivity contribution in [1.29, 1.82) is 0 Å². The van der Waals surface area contributed by atoms with Crippen LogP contribution in [0, 0.1) is 6.92 Å². The zero-order chi connectivity index (χ0) is 17.6. The van der Waals surface area contributed by atoms with Gasteiger partial charge in [-0.1, -0.05) is 36.4 Å². The highest BCUT2D eigenvalue weighted by Crippen LogP contribution is 2.26. The van der Waals surface area contributed by atoms with Gasteiger partial charge in [0.05, 0.1) is 12.6 Å². The van der Waals surface area contributed by atoms with Crippen LogP contribution in [0.15, 0.2) is 59.3 Å². The summed E-state index contributed by atoms with van der Waals surface area (Å²) >= 11 is 3.41. The molecule has 25 heavy (non-hydrogen) atoms. The Balaban J connectivity index is 1.65. The largest absolute Gasteiger partial charge is 0.343 e. The third-order valence-electron chi connectivity index (χ3n) is 4.06. The quantitative estimate of drug-likeness (QED) is 0.666. The van der Waals surface area contributed by atoms with Crippen LogP contribution in [-0.4, -0.2) is 24.4 Å². The van der Waals surface area contributed by atoms with E-state index in [-0.39, 0.29) is 11.9 Å². The van der Waals surface area contributed by atoms with Crippen molar-refractivity contribution in [2.75, 3.05) is 13.6 Å². The summed E-state index contributed by atoms with van der Waals surface area (Å²) in [6.45, 7) is 3.29. The van der Waals surface area contributed by atoms with E-state index in [1.54, 1.807) is 22.7 Å². The second-order valence-electron chi connectivity index (χ2n) is 6.13. The number of likely N-dealkylation sites (N-methyl/N-ethyl adjacent to an activating group) is 1. The van der Waals surface area contributed by atoms with Crippen LogP contribution >= 0.6 is 22.7 Å². The van der Waals surface area contributed by atoms with Crippen LogP contribution in [0.3, 0.4) is 0 Å².